The first-order chi connectivity index (χ1) is 9.50. The molecular formula is C13H13ClN2O3S. The predicted molar refractivity (Wildman–Crippen MR) is 76.1 cm³/mol. The van der Waals surface area contributed by atoms with Crippen LogP contribution in [-0.2, 0) is 10.0 Å². The fourth-order valence-corrected chi connectivity index (χ4v) is 4.36. The Labute approximate surface area is 121 Å². The van der Waals surface area contributed by atoms with Crippen LogP contribution < -0.4 is 0 Å². The van der Waals surface area contributed by atoms with Gasteiger partial charge in [0.25, 0.3) is 0 Å². The van der Waals surface area contributed by atoms with Gasteiger partial charge < -0.3 is 5.11 Å². The van der Waals surface area contributed by atoms with Crippen molar-refractivity contribution >= 4 is 32.4 Å². The molecule has 1 unspecified atom stereocenters. The minimum atomic E-state index is -3.63. The highest BCUT2D eigenvalue weighted by molar-refractivity contribution is 7.89. The van der Waals surface area contributed by atoms with E-state index in [2.05, 4.69) is 4.98 Å². The van der Waals surface area contributed by atoms with Gasteiger partial charge in [0.2, 0.25) is 10.0 Å². The predicted octanol–water partition coefficient (Wildman–Crippen LogP) is 1.64. The van der Waals surface area contributed by atoms with Gasteiger partial charge in [0.05, 0.1) is 11.0 Å². The Balaban J connectivity index is 2.17. The molecule has 0 spiro atoms. The maximum Gasteiger partial charge on any atom is 0.243 e. The number of sulfonamides is 1. The topological polar surface area (TPSA) is 70.5 Å². The summed E-state index contributed by atoms with van der Waals surface area (Å²) < 4.78 is 26.6. The van der Waals surface area contributed by atoms with Crippen molar-refractivity contribution in [2.24, 2.45) is 0 Å². The summed E-state index contributed by atoms with van der Waals surface area (Å²) in [6, 6.07) is 6.58. The van der Waals surface area contributed by atoms with Crippen LogP contribution in [0.5, 0.6) is 0 Å². The van der Waals surface area contributed by atoms with Gasteiger partial charge in [-0.05, 0) is 18.6 Å². The van der Waals surface area contributed by atoms with E-state index >= 15 is 0 Å². The second kappa shape index (κ2) is 4.96. The van der Waals surface area contributed by atoms with E-state index in [0.717, 1.165) is 0 Å². The number of β-amino-alcohol motifs (C(OH)–C–C–N with tert-alkyl or cyclic N) is 1. The van der Waals surface area contributed by atoms with E-state index in [1.54, 1.807) is 24.3 Å². The maximum absolute atomic E-state index is 12.7. The Morgan fingerprint density at radius 2 is 2.10 bits per heavy atom. The zero-order chi connectivity index (χ0) is 14.3. The van der Waals surface area contributed by atoms with Gasteiger partial charge in [-0.1, -0.05) is 23.7 Å². The SMILES string of the molecule is O=S(=O)(c1cccc2c(Cl)nccc12)N1CCC(O)C1. The molecule has 0 saturated carbocycles. The number of aliphatic hydroxyl groups is 1. The number of hydrogen-bond donors (Lipinski definition) is 1. The first-order valence-corrected chi connectivity index (χ1v) is 8.03. The molecule has 1 aliphatic rings. The average Bonchev–Trinajstić information content (AvgIpc) is 2.86. The molecule has 3 rings (SSSR count). The quantitative estimate of drug-likeness (QED) is 0.856. The Hall–Kier alpha value is -1.21. The van der Waals surface area contributed by atoms with E-state index in [1.165, 1.54) is 10.5 Å². The van der Waals surface area contributed by atoms with E-state index in [4.69, 9.17) is 11.6 Å². The summed E-state index contributed by atoms with van der Waals surface area (Å²) in [6.07, 6.45) is 1.36. The summed E-state index contributed by atoms with van der Waals surface area (Å²) in [5.74, 6) is 0. The fourth-order valence-electron chi connectivity index (χ4n) is 2.44. The van der Waals surface area contributed by atoms with Crippen molar-refractivity contribution in [3.05, 3.63) is 35.6 Å². The molecule has 1 aromatic heterocycles. The number of fused-ring (bicyclic) bond motifs is 1. The molecule has 1 N–H and O–H groups in total. The molecule has 0 radical (unpaired) electrons. The van der Waals surface area contributed by atoms with E-state index in [0.29, 0.717) is 23.7 Å². The second-order valence-corrected chi connectivity index (χ2v) is 7.02. The fraction of sp³-hybridized carbons (Fsp3) is 0.308. The first-order valence-electron chi connectivity index (χ1n) is 6.21. The number of halogens is 1. The summed E-state index contributed by atoms with van der Waals surface area (Å²) >= 11 is 6.00. The molecule has 0 bridgehead atoms. The molecule has 5 nitrogen and oxygen atoms in total. The van der Waals surface area contributed by atoms with Gasteiger partial charge in [-0.3, -0.25) is 0 Å². The lowest BCUT2D eigenvalue weighted by Crippen LogP contribution is -2.29. The lowest BCUT2D eigenvalue weighted by molar-refractivity contribution is 0.189. The average molecular weight is 313 g/mol. The third-order valence-electron chi connectivity index (χ3n) is 3.46. The lowest BCUT2D eigenvalue weighted by atomic mass is 10.2. The normalized spacial score (nSPS) is 20.6. The van der Waals surface area contributed by atoms with Crippen LogP contribution in [0, 0.1) is 0 Å². The lowest BCUT2D eigenvalue weighted by Gasteiger charge is -2.17. The number of pyridine rings is 1. The van der Waals surface area contributed by atoms with Crippen molar-refractivity contribution in [3.63, 3.8) is 0 Å². The Morgan fingerprint density at radius 3 is 2.80 bits per heavy atom. The van der Waals surface area contributed by atoms with E-state index in [9.17, 15) is 13.5 Å². The molecule has 7 heteroatoms. The highest BCUT2D eigenvalue weighted by Gasteiger charge is 2.32. The van der Waals surface area contributed by atoms with Crippen LogP contribution in [0.15, 0.2) is 35.4 Å². The highest BCUT2D eigenvalue weighted by atomic mass is 35.5. The molecule has 20 heavy (non-hydrogen) atoms. The van der Waals surface area contributed by atoms with Crippen molar-refractivity contribution in [3.8, 4) is 0 Å². The van der Waals surface area contributed by atoms with Crippen LogP contribution in [0.3, 0.4) is 0 Å². The second-order valence-electron chi connectivity index (χ2n) is 4.76. The van der Waals surface area contributed by atoms with Gasteiger partial charge in [0.1, 0.15) is 5.15 Å². The van der Waals surface area contributed by atoms with E-state index < -0.39 is 16.1 Å². The van der Waals surface area contributed by atoms with Crippen molar-refractivity contribution < 1.29 is 13.5 Å². The largest absolute Gasteiger partial charge is 0.392 e. The van der Waals surface area contributed by atoms with Crippen molar-refractivity contribution in [2.45, 2.75) is 17.4 Å². The van der Waals surface area contributed by atoms with Crippen molar-refractivity contribution in [1.29, 1.82) is 0 Å². The minimum Gasteiger partial charge on any atom is -0.392 e. The Kier molecular flexibility index (Phi) is 3.41. The highest BCUT2D eigenvalue weighted by Crippen LogP contribution is 2.30. The third kappa shape index (κ3) is 2.18. The summed E-state index contributed by atoms with van der Waals surface area (Å²) in [4.78, 5) is 4.16. The summed E-state index contributed by atoms with van der Waals surface area (Å²) in [7, 11) is -3.63. The molecule has 0 aliphatic carbocycles. The summed E-state index contributed by atoms with van der Waals surface area (Å²) in [5.41, 5.74) is 0. The van der Waals surface area contributed by atoms with Crippen LogP contribution in [0.25, 0.3) is 10.8 Å². The zero-order valence-corrected chi connectivity index (χ0v) is 12.1. The number of hydrogen-bond acceptors (Lipinski definition) is 4. The smallest absolute Gasteiger partial charge is 0.243 e. The van der Waals surface area contributed by atoms with Crippen molar-refractivity contribution in [2.75, 3.05) is 13.1 Å². The van der Waals surface area contributed by atoms with Crippen LogP contribution in [0.1, 0.15) is 6.42 Å². The van der Waals surface area contributed by atoms with Gasteiger partial charge in [-0.15, -0.1) is 0 Å². The Bertz CT molecular complexity index is 763. The number of rotatable bonds is 2. The Morgan fingerprint density at radius 1 is 1.30 bits per heavy atom. The monoisotopic (exact) mass is 312 g/mol. The van der Waals surface area contributed by atoms with Crippen LogP contribution in [0.2, 0.25) is 5.15 Å². The zero-order valence-electron chi connectivity index (χ0n) is 10.5. The van der Waals surface area contributed by atoms with Gasteiger partial charge in [-0.25, -0.2) is 13.4 Å². The standard InChI is InChI=1S/C13H13ClN2O3S/c14-13-11-2-1-3-12(10(11)4-6-15-13)20(18,19)16-7-5-9(17)8-16/h1-4,6,9,17H,5,7-8H2. The van der Waals surface area contributed by atoms with Crippen LogP contribution >= 0.6 is 11.6 Å². The molecule has 1 saturated heterocycles. The number of nitrogens with zero attached hydrogens (tertiary/aromatic N) is 2. The van der Waals surface area contributed by atoms with E-state index in [1.807, 2.05) is 0 Å². The molecule has 1 atom stereocenters. The molecule has 1 fully saturated rings. The third-order valence-corrected chi connectivity index (χ3v) is 5.69. The minimum absolute atomic E-state index is 0.136. The molecule has 106 valence electrons. The van der Waals surface area contributed by atoms with Crippen molar-refractivity contribution in [1.82, 2.24) is 9.29 Å². The summed E-state index contributed by atoms with van der Waals surface area (Å²) in [6.45, 7) is 0.468. The molecule has 2 aromatic rings. The van der Waals surface area contributed by atoms with Gasteiger partial charge in [-0.2, -0.15) is 4.31 Å². The first kappa shape index (κ1) is 13.8. The van der Waals surface area contributed by atoms with Crippen LogP contribution in [-0.4, -0.2) is 42.0 Å². The molecule has 1 aromatic carbocycles. The molecule has 1 aliphatic heterocycles. The molecular weight excluding hydrogens is 300 g/mol. The van der Waals surface area contributed by atoms with Gasteiger partial charge in [0, 0.05) is 30.1 Å². The molecule has 0 amide bonds. The summed E-state index contributed by atoms with van der Waals surface area (Å²) in [5, 5.41) is 11.0. The van der Waals surface area contributed by atoms with Gasteiger partial charge >= 0.3 is 0 Å². The van der Waals surface area contributed by atoms with E-state index in [-0.39, 0.29) is 16.6 Å². The number of benzene rings is 1. The van der Waals surface area contributed by atoms with Gasteiger partial charge in [0.15, 0.2) is 0 Å². The number of aromatic nitrogens is 1. The van der Waals surface area contributed by atoms with Crippen LogP contribution in [0.4, 0.5) is 0 Å². The maximum atomic E-state index is 12.7. The molecule has 2 heterocycles. The number of aliphatic hydroxyl groups excluding tert-OH is 1.